The van der Waals surface area contributed by atoms with Crippen LogP contribution in [-0.2, 0) is 30.4 Å². The van der Waals surface area contributed by atoms with Crippen molar-refractivity contribution in [1.82, 2.24) is 19.9 Å². The van der Waals surface area contributed by atoms with Gasteiger partial charge in [0.15, 0.2) is 5.75 Å². The fraction of sp³-hybridized carbons (Fsp3) is 0.0294. The number of aromatic hydroxyl groups is 1. The van der Waals surface area contributed by atoms with Gasteiger partial charge >= 0.3 is 5.97 Å². The first-order valence-corrected chi connectivity index (χ1v) is 21.7. The number of nitrogens with one attached hydrogen (secondary N) is 2. The van der Waals surface area contributed by atoms with E-state index in [1.165, 1.54) is 30.3 Å². The van der Waals surface area contributed by atoms with Crippen LogP contribution >= 0.6 is 22.9 Å². The van der Waals surface area contributed by atoms with Gasteiger partial charge in [-0.25, -0.2) is 14.8 Å². The van der Waals surface area contributed by atoms with Gasteiger partial charge < -0.3 is 15.5 Å². The number of aryl methyl sites for hydroxylation is 1. The predicted octanol–water partition coefficient (Wildman–Crippen LogP) is 6.19. The third kappa shape index (κ3) is 12.4. The van der Waals surface area contributed by atoms with Crippen LogP contribution in [0.15, 0.2) is 109 Å². The van der Waals surface area contributed by atoms with Crippen molar-refractivity contribution in [1.29, 1.82) is 0 Å². The molecule has 2 aromatic heterocycles. The Hall–Kier alpha value is -2.25. The van der Waals surface area contributed by atoms with E-state index in [4.69, 9.17) is 11.6 Å². The minimum Gasteiger partial charge on any atom is -0.505 e. The summed E-state index contributed by atoms with van der Waals surface area (Å²) in [6.07, 6.45) is 0. The molecule has 0 atom stereocenters. The predicted molar refractivity (Wildman–Crippen MR) is 244 cm³/mol. The van der Waals surface area contributed by atoms with Crippen molar-refractivity contribution in [3.8, 4) is 16.3 Å². The van der Waals surface area contributed by atoms with E-state index in [-0.39, 0.29) is 172 Å². The number of anilines is 2. The number of H-pyrrole nitrogens is 1. The molecule has 7 N–H and O–H groups in total. The van der Waals surface area contributed by atoms with Gasteiger partial charge in [-0.3, -0.25) is 18.6 Å². The molecule has 63 heavy (non-hydrogen) atoms. The normalized spacial score (nSPS) is 12.0. The van der Waals surface area contributed by atoms with Crippen LogP contribution in [0.2, 0.25) is 5.28 Å². The largest absolute Gasteiger partial charge is 0.505 e. The van der Waals surface area contributed by atoms with Gasteiger partial charge in [0.2, 0.25) is 16.9 Å². The number of hydrogen-bond donors (Lipinski definition) is 7. The standard InChI is InChI=1S/C34H23ClN8O12S4.4Na.4H2/c1-15-6-11-22-28(29(15)59(53,54)55)56-30(37-22)16-7-9-18(10-8-16)36-33-39-32(35)40-34(41-33)38-23-14-19(57(47,48)49)12-17-13-24(58(50,51)52)26(27(44)25(17)23)43-42-21-5-3-2-4-20(21)31(45)46;;;;;;;;/h2-14,44H,1H3,(H,45,46)(H,47,48,49)(H,50,51,52)(H,53,54,55)(H2,36,38,39,40,41);;;;;4*1H. The van der Waals surface area contributed by atoms with Crippen molar-refractivity contribution in [2.75, 3.05) is 5.32 Å². The minimum atomic E-state index is -5.23. The molecule has 20 nitrogen and oxygen atoms in total. The van der Waals surface area contributed by atoms with Crippen molar-refractivity contribution < 1.29 is 59.6 Å². The molecule has 0 amide bonds. The molecule has 314 valence electrons. The molecule has 0 saturated carbocycles. The first-order valence-electron chi connectivity index (χ1n) is 16.1. The SMILES string of the molecule is Cc1ccc2nc(-c3ccc(Nc4nc(Cl)[nH]c(=Nc5cc(S(=O)(=O)O)cc6cc(S(=O)(=O)O)c(N=Nc7ccccc7C(=O)O)c(O)c56)n4)cc3)sc2c1S(=O)(=O)O.[HH].[HH].[HH].[HH].[Na].[Na].[Na].[Na]. The van der Waals surface area contributed by atoms with Gasteiger partial charge in [-0.2, -0.15) is 35.2 Å². The molecule has 7 aromatic rings. The van der Waals surface area contributed by atoms with E-state index >= 15 is 0 Å². The van der Waals surface area contributed by atoms with Crippen LogP contribution in [0.4, 0.5) is 28.7 Å². The Kier molecular flexibility index (Phi) is 18.9. The van der Waals surface area contributed by atoms with E-state index in [1.807, 2.05) is 0 Å². The van der Waals surface area contributed by atoms with Crippen LogP contribution in [0.25, 0.3) is 31.6 Å². The number of aromatic nitrogens is 4. The van der Waals surface area contributed by atoms with Crippen LogP contribution < -0.4 is 10.9 Å². The van der Waals surface area contributed by atoms with Gasteiger partial charge in [0.05, 0.1) is 31.7 Å². The molecule has 0 aliphatic carbocycles. The first kappa shape index (κ1) is 55.1. The maximum absolute atomic E-state index is 12.5. The van der Waals surface area contributed by atoms with E-state index in [9.17, 15) is 53.9 Å². The topological polar surface area (TPSA) is 324 Å². The smallest absolute Gasteiger partial charge is 0.337 e. The van der Waals surface area contributed by atoms with Gasteiger partial charge in [0.25, 0.3) is 30.4 Å². The number of carboxylic acids is 1. The summed E-state index contributed by atoms with van der Waals surface area (Å²) in [7, 11) is -14.8. The van der Waals surface area contributed by atoms with E-state index in [1.54, 1.807) is 37.3 Å². The molecule has 4 radical (unpaired) electrons. The summed E-state index contributed by atoms with van der Waals surface area (Å²) in [5, 5.41) is 30.8. The van der Waals surface area contributed by atoms with Gasteiger partial charge in [0, 0.05) is 135 Å². The van der Waals surface area contributed by atoms with Gasteiger partial charge in [-0.05, 0) is 90.1 Å². The number of phenolic OH excluding ortho intramolecular Hbond substituents is 1. The van der Waals surface area contributed by atoms with E-state index in [2.05, 4.69) is 40.5 Å². The molecule has 0 bridgehead atoms. The molecular weight excluding hydrogens is 968 g/mol. The van der Waals surface area contributed by atoms with Gasteiger partial charge in [-0.1, -0.05) is 18.2 Å². The fourth-order valence-electron chi connectivity index (χ4n) is 5.74. The van der Waals surface area contributed by atoms with Crippen molar-refractivity contribution in [3.05, 3.63) is 101 Å². The summed E-state index contributed by atoms with van der Waals surface area (Å²) in [6, 6.07) is 17.3. The number of azo groups is 1. The molecule has 0 spiro atoms. The average Bonchev–Trinajstić information content (AvgIpc) is 3.57. The number of halogens is 1. The Balaban J connectivity index is 0. The molecule has 2 heterocycles. The Morgan fingerprint density at radius 2 is 1.48 bits per heavy atom. The Labute approximate surface area is 460 Å². The van der Waals surface area contributed by atoms with Crippen molar-refractivity contribution in [2.45, 2.75) is 21.6 Å². The Morgan fingerprint density at radius 3 is 2.10 bits per heavy atom. The second-order valence-corrected chi connectivity index (χ2v) is 17.8. The van der Waals surface area contributed by atoms with Crippen LogP contribution in [0, 0.1) is 6.92 Å². The van der Waals surface area contributed by atoms with Crippen molar-refractivity contribution in [2.24, 2.45) is 15.2 Å². The zero-order valence-electron chi connectivity index (χ0n) is 33.3. The fourth-order valence-corrected chi connectivity index (χ4v) is 9.42. The van der Waals surface area contributed by atoms with Crippen LogP contribution in [-0.4, -0.2) is 193 Å². The Morgan fingerprint density at radius 1 is 0.810 bits per heavy atom. The summed E-state index contributed by atoms with van der Waals surface area (Å²) in [5.74, 6) is -2.57. The molecule has 0 saturated heterocycles. The zero-order chi connectivity index (χ0) is 42.6. The number of carbonyl (C=O) groups is 1. The van der Waals surface area contributed by atoms with Crippen molar-refractivity contribution in [3.63, 3.8) is 0 Å². The number of nitrogens with zero attached hydrogens (tertiary/aromatic N) is 6. The van der Waals surface area contributed by atoms with Gasteiger partial charge in [-0.15, -0.1) is 21.6 Å². The quantitative estimate of drug-likeness (QED) is 0.0456. The summed E-state index contributed by atoms with van der Waals surface area (Å²) in [6.45, 7) is 1.55. The zero-order valence-corrected chi connectivity index (χ0v) is 45.3. The maximum Gasteiger partial charge on any atom is 0.337 e. The van der Waals surface area contributed by atoms with Crippen LogP contribution in [0.5, 0.6) is 5.75 Å². The number of aromatic amines is 1. The Bertz CT molecular complexity index is 3400. The number of rotatable bonds is 10. The van der Waals surface area contributed by atoms with Crippen molar-refractivity contribution >= 4 is 227 Å². The number of benzene rings is 5. The number of fused-ring (bicyclic) bond motifs is 2. The third-order valence-corrected chi connectivity index (χ3v) is 12.5. The summed E-state index contributed by atoms with van der Waals surface area (Å²) in [5.41, 5.74) is -0.569. The van der Waals surface area contributed by atoms with Crippen LogP contribution in [0.3, 0.4) is 0 Å². The number of phenols is 1. The summed E-state index contributed by atoms with van der Waals surface area (Å²) < 4.78 is 104. The molecule has 0 aliphatic heterocycles. The monoisotopic (exact) mass is 998 g/mol. The minimum absolute atomic E-state index is 0. The molecule has 0 unspecified atom stereocenters. The molecule has 29 heteroatoms. The molecule has 0 aliphatic rings. The summed E-state index contributed by atoms with van der Waals surface area (Å²) >= 11 is 7.31. The van der Waals surface area contributed by atoms with Crippen LogP contribution in [0.1, 0.15) is 21.6 Å². The summed E-state index contributed by atoms with van der Waals surface area (Å²) in [4.78, 5) is 29.2. The third-order valence-electron chi connectivity index (χ3n) is 8.28. The average molecular weight is 999 g/mol. The van der Waals surface area contributed by atoms with E-state index < -0.39 is 63.2 Å². The molecule has 0 fully saturated rings. The van der Waals surface area contributed by atoms with Gasteiger partial charge in [0.1, 0.15) is 26.2 Å². The number of carboxylic acid groups (broad SMARTS) is 1. The van der Waals surface area contributed by atoms with E-state index in [0.717, 1.165) is 29.5 Å². The number of thiazole rings is 1. The number of aromatic carboxylic acids is 1. The molecule has 7 rings (SSSR count). The second kappa shape index (κ2) is 21.6. The second-order valence-electron chi connectivity index (χ2n) is 12.2. The maximum atomic E-state index is 12.5. The molecular formula is C34H31ClN8Na4O12S4. The first-order chi connectivity index (χ1) is 27.7. The van der Waals surface area contributed by atoms with E-state index in [0.29, 0.717) is 27.3 Å². The molecule has 5 aromatic carbocycles. The number of hydrogen-bond acceptors (Lipinski definition) is 16.